The third kappa shape index (κ3) is 7.02. The second-order valence-electron chi connectivity index (χ2n) is 12.0. The number of halogens is 1. The molecule has 0 unspecified atom stereocenters. The van der Waals surface area contributed by atoms with Gasteiger partial charge in [-0.2, -0.15) is 0 Å². The fourth-order valence-electron chi connectivity index (χ4n) is 3.61. The van der Waals surface area contributed by atoms with Gasteiger partial charge >= 0.3 is 13.1 Å². The summed E-state index contributed by atoms with van der Waals surface area (Å²) in [4.78, 5) is 12.9. The highest BCUT2D eigenvalue weighted by atomic mass is 19.1. The average molecular weight is 522 g/mol. The number of benzene rings is 2. The van der Waals surface area contributed by atoms with Crippen LogP contribution in [0.3, 0.4) is 0 Å². The van der Waals surface area contributed by atoms with Crippen LogP contribution in [0.1, 0.15) is 73.8 Å². The summed E-state index contributed by atoms with van der Waals surface area (Å²) in [6.45, 7) is 17.7. The first-order chi connectivity index (χ1) is 17.5. The maximum atomic E-state index is 15.0. The van der Waals surface area contributed by atoms with E-state index in [1.807, 2.05) is 72.7 Å². The van der Waals surface area contributed by atoms with Crippen LogP contribution in [0.5, 0.6) is 0 Å². The Balaban J connectivity index is 1.75. The number of anilines is 2. The van der Waals surface area contributed by atoms with Gasteiger partial charge in [-0.3, -0.25) is 5.32 Å². The number of amides is 2. The number of carbonyl (C=O) groups excluding carboxylic acids is 1. The van der Waals surface area contributed by atoms with E-state index in [1.54, 1.807) is 12.1 Å². The molecule has 2 aromatic carbocycles. The first-order valence-electron chi connectivity index (χ1n) is 12.9. The summed E-state index contributed by atoms with van der Waals surface area (Å²) in [6, 6.07) is 11.7. The Labute approximate surface area is 226 Å². The van der Waals surface area contributed by atoms with Gasteiger partial charge in [0, 0.05) is 22.9 Å². The van der Waals surface area contributed by atoms with E-state index in [0.29, 0.717) is 22.9 Å². The van der Waals surface area contributed by atoms with E-state index < -0.39 is 35.6 Å². The first-order valence-corrected chi connectivity index (χ1v) is 12.9. The summed E-state index contributed by atoms with van der Waals surface area (Å²) in [6.07, 6.45) is 1.56. The molecule has 9 heteroatoms. The van der Waals surface area contributed by atoms with Gasteiger partial charge < -0.3 is 25.4 Å². The van der Waals surface area contributed by atoms with Crippen molar-refractivity contribution in [2.75, 3.05) is 10.6 Å². The normalized spacial score (nSPS) is 16.9. The molecule has 0 radical (unpaired) electrons. The standard InChI is InChI=1S/C29H40BFN4O3/c1-18(2)19-10-13-21(14-11-19)33-25(17-24(32)27(3,4)5)35-26(36)34-23-15-12-20(16-22(23)31)30-37-28(6,7)29(8,9)38-30/h10-18,32-33H,1-9H3,(H2,34,35,36)/b25-17+,32-24?. The van der Waals surface area contributed by atoms with E-state index in [1.165, 1.54) is 17.7 Å². The molecule has 0 atom stereocenters. The van der Waals surface area contributed by atoms with E-state index in [4.69, 9.17) is 14.7 Å². The molecule has 1 heterocycles. The fraction of sp³-hybridized carbons (Fsp3) is 0.448. The Hall–Kier alpha value is -3.17. The lowest BCUT2D eigenvalue weighted by atomic mass is 9.79. The van der Waals surface area contributed by atoms with Crippen LogP contribution in [0, 0.1) is 16.6 Å². The number of urea groups is 1. The van der Waals surface area contributed by atoms with Crippen LogP contribution in [0.2, 0.25) is 0 Å². The minimum absolute atomic E-state index is 0.00861. The molecule has 3 rings (SSSR count). The zero-order valence-electron chi connectivity index (χ0n) is 23.9. The predicted octanol–water partition coefficient (Wildman–Crippen LogP) is 6.39. The Morgan fingerprint density at radius 3 is 2.08 bits per heavy atom. The minimum atomic E-state index is -0.707. The van der Waals surface area contributed by atoms with Crippen molar-refractivity contribution in [2.24, 2.45) is 5.41 Å². The molecule has 1 fully saturated rings. The molecule has 0 bridgehead atoms. The number of rotatable bonds is 7. The molecule has 0 aliphatic carbocycles. The summed E-state index contributed by atoms with van der Waals surface area (Å²) >= 11 is 0. The lowest BCUT2D eigenvalue weighted by Crippen LogP contribution is -2.41. The van der Waals surface area contributed by atoms with Crippen LogP contribution < -0.4 is 21.4 Å². The van der Waals surface area contributed by atoms with Crippen LogP contribution >= 0.6 is 0 Å². The van der Waals surface area contributed by atoms with Gasteiger partial charge in [-0.05, 0) is 68.9 Å². The van der Waals surface area contributed by atoms with Gasteiger partial charge in [-0.1, -0.05) is 52.8 Å². The van der Waals surface area contributed by atoms with Gasteiger partial charge in [0.2, 0.25) is 0 Å². The lowest BCUT2D eigenvalue weighted by Gasteiger charge is -2.32. The fourth-order valence-corrected chi connectivity index (χ4v) is 3.61. The Kier molecular flexibility index (Phi) is 8.44. The highest BCUT2D eigenvalue weighted by Crippen LogP contribution is 2.36. The Morgan fingerprint density at radius 2 is 1.58 bits per heavy atom. The molecule has 2 amide bonds. The molecule has 204 valence electrons. The van der Waals surface area contributed by atoms with Crippen LogP contribution in [-0.2, 0) is 9.31 Å². The van der Waals surface area contributed by atoms with Crippen molar-refractivity contribution in [3.8, 4) is 0 Å². The van der Waals surface area contributed by atoms with E-state index in [-0.39, 0.29) is 5.69 Å². The van der Waals surface area contributed by atoms with Crippen molar-refractivity contribution in [1.29, 1.82) is 5.41 Å². The van der Waals surface area contributed by atoms with Crippen LogP contribution in [0.4, 0.5) is 20.6 Å². The van der Waals surface area contributed by atoms with Crippen molar-refractivity contribution in [3.05, 3.63) is 65.7 Å². The molecule has 2 aromatic rings. The topological polar surface area (TPSA) is 95.5 Å². The van der Waals surface area contributed by atoms with Crippen molar-refractivity contribution >= 4 is 35.7 Å². The number of hydrogen-bond donors (Lipinski definition) is 4. The van der Waals surface area contributed by atoms with Crippen molar-refractivity contribution in [3.63, 3.8) is 0 Å². The number of allylic oxidation sites excluding steroid dienone is 1. The summed E-state index contributed by atoms with van der Waals surface area (Å²) in [7, 11) is -0.707. The summed E-state index contributed by atoms with van der Waals surface area (Å²) in [5.41, 5.74) is 1.27. The molecule has 0 spiro atoms. The van der Waals surface area contributed by atoms with Gasteiger partial charge in [-0.25, -0.2) is 9.18 Å². The Bertz CT molecular complexity index is 1200. The average Bonchev–Trinajstić information content (AvgIpc) is 3.01. The van der Waals surface area contributed by atoms with E-state index in [0.717, 1.165) is 5.69 Å². The minimum Gasteiger partial charge on any atom is -0.399 e. The molecule has 1 aliphatic rings. The van der Waals surface area contributed by atoms with Crippen molar-refractivity contribution in [2.45, 2.75) is 79.4 Å². The highest BCUT2D eigenvalue weighted by molar-refractivity contribution is 6.62. The molecule has 0 saturated carbocycles. The molecular weight excluding hydrogens is 482 g/mol. The SMILES string of the molecule is CC(C)c1ccc(N/C(=C\C(=N)C(C)(C)C)NC(=O)Nc2ccc(B3OC(C)(C)C(C)(C)O3)cc2F)cc1. The first kappa shape index (κ1) is 29.4. The quantitative estimate of drug-likeness (QED) is 0.250. The van der Waals surface area contributed by atoms with Gasteiger partial charge in [0.05, 0.1) is 16.9 Å². The van der Waals surface area contributed by atoms with Crippen molar-refractivity contribution < 1.29 is 18.5 Å². The van der Waals surface area contributed by atoms with Crippen LogP contribution in [0.25, 0.3) is 0 Å². The zero-order chi connectivity index (χ0) is 28.5. The van der Waals surface area contributed by atoms with E-state index in [9.17, 15) is 9.18 Å². The van der Waals surface area contributed by atoms with E-state index >= 15 is 0 Å². The Morgan fingerprint density at radius 1 is 1.00 bits per heavy atom. The van der Waals surface area contributed by atoms with Crippen LogP contribution in [-0.4, -0.2) is 30.1 Å². The molecule has 7 nitrogen and oxygen atoms in total. The number of hydrogen-bond acceptors (Lipinski definition) is 5. The number of nitrogens with one attached hydrogen (secondary N) is 4. The molecule has 4 N–H and O–H groups in total. The maximum absolute atomic E-state index is 15.0. The monoisotopic (exact) mass is 522 g/mol. The van der Waals surface area contributed by atoms with Gasteiger partial charge in [0.1, 0.15) is 11.6 Å². The highest BCUT2D eigenvalue weighted by Gasteiger charge is 2.51. The van der Waals surface area contributed by atoms with Gasteiger partial charge in [0.15, 0.2) is 0 Å². The molecule has 0 aromatic heterocycles. The van der Waals surface area contributed by atoms with E-state index in [2.05, 4.69) is 29.8 Å². The third-order valence-corrected chi connectivity index (χ3v) is 6.97. The molecular formula is C29H40BFN4O3. The number of carbonyl (C=O) groups is 1. The molecule has 1 saturated heterocycles. The second-order valence-corrected chi connectivity index (χ2v) is 12.0. The molecule has 38 heavy (non-hydrogen) atoms. The summed E-state index contributed by atoms with van der Waals surface area (Å²) in [5.74, 6) is 0.0784. The second kappa shape index (κ2) is 10.9. The van der Waals surface area contributed by atoms with Crippen molar-refractivity contribution in [1.82, 2.24) is 5.32 Å². The zero-order valence-corrected chi connectivity index (χ0v) is 23.9. The lowest BCUT2D eigenvalue weighted by molar-refractivity contribution is 0.00578. The maximum Gasteiger partial charge on any atom is 0.494 e. The van der Waals surface area contributed by atoms with Crippen LogP contribution in [0.15, 0.2) is 54.4 Å². The summed E-state index contributed by atoms with van der Waals surface area (Å²) in [5, 5.41) is 16.8. The largest absolute Gasteiger partial charge is 0.494 e. The summed E-state index contributed by atoms with van der Waals surface area (Å²) < 4.78 is 27.0. The third-order valence-electron chi connectivity index (χ3n) is 6.97. The van der Waals surface area contributed by atoms with Gasteiger partial charge in [-0.15, -0.1) is 0 Å². The van der Waals surface area contributed by atoms with Gasteiger partial charge in [0.25, 0.3) is 0 Å². The molecule has 1 aliphatic heterocycles. The predicted molar refractivity (Wildman–Crippen MR) is 154 cm³/mol. The smallest absolute Gasteiger partial charge is 0.399 e.